The third-order valence-electron chi connectivity index (χ3n) is 1.02. The summed E-state index contributed by atoms with van der Waals surface area (Å²) in [5.74, 6) is 3.38. The maximum absolute atomic E-state index is 3.92. The van der Waals surface area contributed by atoms with E-state index in [1.165, 1.54) is 11.5 Å². The van der Waals surface area contributed by atoms with Gasteiger partial charge in [0.1, 0.15) is 0 Å². The molecule has 0 bridgehead atoms. The van der Waals surface area contributed by atoms with Crippen molar-refractivity contribution in [2.24, 2.45) is 10.9 Å². The highest BCUT2D eigenvalue weighted by atomic mass is 32.2. The van der Waals surface area contributed by atoms with Gasteiger partial charge in [-0.15, -0.1) is 0 Å². The molecule has 40 valence electrons. The Hall–Kier alpha value is 0.0200. The lowest BCUT2D eigenvalue weighted by atomic mass is 10.2. The van der Waals surface area contributed by atoms with Crippen LogP contribution in [0.3, 0.4) is 0 Å². The summed E-state index contributed by atoms with van der Waals surface area (Å²) in [6.07, 6.45) is 2.04. The van der Waals surface area contributed by atoms with Gasteiger partial charge in [-0.3, -0.25) is 0 Å². The Labute approximate surface area is 48.2 Å². The van der Waals surface area contributed by atoms with E-state index in [-0.39, 0.29) is 0 Å². The van der Waals surface area contributed by atoms with Crippen molar-refractivity contribution < 1.29 is 0 Å². The van der Waals surface area contributed by atoms with Crippen LogP contribution in [-0.2, 0) is 0 Å². The van der Waals surface area contributed by atoms with Gasteiger partial charge < -0.3 is 4.99 Å². The fourth-order valence-electron chi connectivity index (χ4n) is 0.551. The second kappa shape index (κ2) is 2.36. The van der Waals surface area contributed by atoms with Gasteiger partial charge in [-0.25, -0.2) is 0 Å². The Kier molecular flexibility index (Phi) is 1.74. The molecule has 1 nitrogen and oxygen atoms in total. The summed E-state index contributed by atoms with van der Waals surface area (Å²) in [6, 6.07) is 0. The molecule has 0 spiro atoms. The number of aliphatic imine (C=N–C) groups is 1. The lowest BCUT2D eigenvalue weighted by Gasteiger charge is -2.19. The summed E-state index contributed by atoms with van der Waals surface area (Å²) < 4.78 is 0. The molecule has 1 aliphatic rings. The van der Waals surface area contributed by atoms with Crippen molar-refractivity contribution in [2.45, 2.75) is 0 Å². The van der Waals surface area contributed by atoms with Crippen molar-refractivity contribution in [3.8, 4) is 0 Å². The fraction of sp³-hybridized carbons (Fsp3) is 0.800. The topological polar surface area (TPSA) is 12.4 Å². The first-order valence-corrected chi connectivity index (χ1v) is 3.59. The van der Waals surface area contributed by atoms with Crippen LogP contribution in [0.4, 0.5) is 0 Å². The van der Waals surface area contributed by atoms with Crippen LogP contribution in [0.25, 0.3) is 0 Å². The molecule has 0 radical (unpaired) electrons. The molecule has 0 aromatic carbocycles. The van der Waals surface area contributed by atoms with Crippen LogP contribution in [-0.4, -0.2) is 24.8 Å². The van der Waals surface area contributed by atoms with E-state index in [2.05, 4.69) is 4.99 Å². The van der Waals surface area contributed by atoms with Gasteiger partial charge in [0, 0.05) is 30.7 Å². The molecule has 2 heteroatoms. The minimum absolute atomic E-state index is 0.801. The SMILES string of the molecule is C/N=C/C1CSC1. The molecule has 1 rings (SSSR count). The molecule has 1 saturated heterocycles. The number of rotatable bonds is 1. The number of hydrogen-bond donors (Lipinski definition) is 0. The van der Waals surface area contributed by atoms with Gasteiger partial charge in [-0.05, 0) is 0 Å². The van der Waals surface area contributed by atoms with Crippen LogP contribution >= 0.6 is 11.8 Å². The Morgan fingerprint density at radius 2 is 2.43 bits per heavy atom. The molecule has 7 heavy (non-hydrogen) atoms. The molecular formula is C5H9NS. The zero-order chi connectivity index (χ0) is 5.11. The van der Waals surface area contributed by atoms with Crippen molar-refractivity contribution in [3.05, 3.63) is 0 Å². The second-order valence-corrected chi connectivity index (χ2v) is 2.78. The van der Waals surface area contributed by atoms with E-state index in [1.54, 1.807) is 0 Å². The molecule has 0 atom stereocenters. The molecule has 0 saturated carbocycles. The van der Waals surface area contributed by atoms with Gasteiger partial charge in [0.2, 0.25) is 0 Å². The van der Waals surface area contributed by atoms with Crippen LogP contribution in [0.2, 0.25) is 0 Å². The highest BCUT2D eigenvalue weighted by molar-refractivity contribution is 8.00. The first-order chi connectivity index (χ1) is 3.43. The Balaban J connectivity index is 2.14. The van der Waals surface area contributed by atoms with Crippen LogP contribution in [0, 0.1) is 5.92 Å². The smallest absolute Gasteiger partial charge is 0.0273 e. The molecule has 0 aliphatic carbocycles. The molecule has 0 aromatic heterocycles. The van der Waals surface area contributed by atoms with Gasteiger partial charge >= 0.3 is 0 Å². The highest BCUT2D eigenvalue weighted by Crippen LogP contribution is 2.22. The second-order valence-electron chi connectivity index (χ2n) is 1.70. The molecule has 1 aliphatic heterocycles. The van der Waals surface area contributed by atoms with Gasteiger partial charge in [-0.2, -0.15) is 11.8 Å². The zero-order valence-corrected chi connectivity index (χ0v) is 5.24. The molecule has 0 N–H and O–H groups in total. The summed E-state index contributed by atoms with van der Waals surface area (Å²) in [5, 5.41) is 0. The average molecular weight is 115 g/mol. The van der Waals surface area contributed by atoms with Crippen molar-refractivity contribution >= 4 is 18.0 Å². The third kappa shape index (κ3) is 1.20. The lowest BCUT2D eigenvalue weighted by Crippen LogP contribution is -2.18. The zero-order valence-electron chi connectivity index (χ0n) is 4.42. The molecule has 0 unspecified atom stereocenters. The minimum Gasteiger partial charge on any atom is -0.301 e. The van der Waals surface area contributed by atoms with E-state index in [0.29, 0.717) is 0 Å². The lowest BCUT2D eigenvalue weighted by molar-refractivity contribution is 0.885. The summed E-state index contributed by atoms with van der Waals surface area (Å²) >= 11 is 1.99. The Morgan fingerprint density at radius 3 is 2.57 bits per heavy atom. The third-order valence-corrected chi connectivity index (χ3v) is 2.35. The van der Waals surface area contributed by atoms with E-state index in [9.17, 15) is 0 Å². The maximum Gasteiger partial charge on any atom is 0.0273 e. The van der Waals surface area contributed by atoms with E-state index in [0.717, 1.165) is 5.92 Å². The summed E-state index contributed by atoms with van der Waals surface area (Å²) in [6.45, 7) is 0. The fourth-order valence-corrected chi connectivity index (χ4v) is 1.23. The average Bonchev–Trinajstić information content (AvgIpc) is 1.55. The van der Waals surface area contributed by atoms with Crippen LogP contribution in [0.1, 0.15) is 0 Å². The first-order valence-electron chi connectivity index (χ1n) is 2.43. The number of hydrogen-bond acceptors (Lipinski definition) is 2. The summed E-state index contributed by atoms with van der Waals surface area (Å²) in [5.41, 5.74) is 0. The molecule has 0 aromatic rings. The molecule has 1 fully saturated rings. The van der Waals surface area contributed by atoms with Crippen molar-refractivity contribution in [3.63, 3.8) is 0 Å². The predicted octanol–water partition coefficient (Wildman–Crippen LogP) is 1.05. The van der Waals surface area contributed by atoms with Crippen molar-refractivity contribution in [2.75, 3.05) is 18.6 Å². The van der Waals surface area contributed by atoms with Gasteiger partial charge in [0.15, 0.2) is 0 Å². The number of thioether (sulfide) groups is 1. The quantitative estimate of drug-likeness (QED) is 0.465. The Bertz CT molecular complexity index is 76.1. The van der Waals surface area contributed by atoms with Gasteiger partial charge in [-0.1, -0.05) is 0 Å². The minimum atomic E-state index is 0.801. The monoisotopic (exact) mass is 115 g/mol. The maximum atomic E-state index is 3.92. The van der Waals surface area contributed by atoms with Gasteiger partial charge in [0.25, 0.3) is 0 Å². The number of nitrogens with zero attached hydrogens (tertiary/aromatic N) is 1. The van der Waals surface area contributed by atoms with E-state index < -0.39 is 0 Å². The summed E-state index contributed by atoms with van der Waals surface area (Å²) in [4.78, 5) is 3.92. The van der Waals surface area contributed by atoms with Crippen molar-refractivity contribution in [1.82, 2.24) is 0 Å². The normalized spacial score (nSPS) is 23.0. The van der Waals surface area contributed by atoms with E-state index >= 15 is 0 Å². The largest absolute Gasteiger partial charge is 0.301 e. The molecular weight excluding hydrogens is 106 g/mol. The highest BCUT2D eigenvalue weighted by Gasteiger charge is 2.14. The predicted molar refractivity (Wildman–Crippen MR) is 35.2 cm³/mol. The van der Waals surface area contributed by atoms with Gasteiger partial charge in [0.05, 0.1) is 0 Å². The standard InChI is InChI=1S/C5H9NS/c1-6-2-5-3-7-4-5/h2,5H,3-4H2,1H3/b6-2+. The Morgan fingerprint density at radius 1 is 1.71 bits per heavy atom. The van der Waals surface area contributed by atoms with Crippen LogP contribution in [0.15, 0.2) is 4.99 Å². The molecule has 0 amide bonds. The first kappa shape index (κ1) is 5.16. The van der Waals surface area contributed by atoms with Crippen LogP contribution in [0.5, 0.6) is 0 Å². The van der Waals surface area contributed by atoms with E-state index in [1.807, 2.05) is 25.0 Å². The van der Waals surface area contributed by atoms with Crippen molar-refractivity contribution in [1.29, 1.82) is 0 Å². The molecule has 1 heterocycles. The van der Waals surface area contributed by atoms with Crippen LogP contribution < -0.4 is 0 Å². The van der Waals surface area contributed by atoms with E-state index in [4.69, 9.17) is 0 Å². The summed E-state index contributed by atoms with van der Waals surface area (Å²) in [7, 11) is 1.84.